The van der Waals surface area contributed by atoms with E-state index in [-0.39, 0.29) is 12.0 Å². The normalized spacial score (nSPS) is 12.0. The van der Waals surface area contributed by atoms with Gasteiger partial charge in [0.25, 0.3) is 0 Å². The number of halogens is 2. The van der Waals surface area contributed by atoms with E-state index in [0.29, 0.717) is 23.1 Å². The van der Waals surface area contributed by atoms with Gasteiger partial charge in [0.2, 0.25) is 0 Å². The van der Waals surface area contributed by atoms with Crippen molar-refractivity contribution in [3.63, 3.8) is 0 Å². The largest absolute Gasteiger partial charge is 0.464 e. The molecule has 0 aromatic heterocycles. The van der Waals surface area contributed by atoms with Crippen LogP contribution in [-0.4, -0.2) is 18.6 Å². The molecule has 0 saturated heterocycles. The fraction of sp³-hybridized carbons (Fsp3) is 0.462. The molecule has 0 aliphatic carbocycles. The SMILES string of the molecule is CCCC(Nc1cc(Cl)cc(Cl)c1)C(=O)OCC. The minimum absolute atomic E-state index is 0.254. The maximum atomic E-state index is 11.8. The molecular weight excluding hydrogens is 273 g/mol. The van der Waals surface area contributed by atoms with Gasteiger partial charge in [-0.3, -0.25) is 0 Å². The summed E-state index contributed by atoms with van der Waals surface area (Å²) in [6, 6.07) is 4.74. The predicted molar refractivity (Wildman–Crippen MR) is 75.4 cm³/mol. The molecule has 1 rings (SSSR count). The van der Waals surface area contributed by atoms with Crippen LogP contribution in [0.1, 0.15) is 26.7 Å². The summed E-state index contributed by atoms with van der Waals surface area (Å²) >= 11 is 11.8. The van der Waals surface area contributed by atoms with E-state index in [1.807, 2.05) is 6.92 Å². The summed E-state index contributed by atoms with van der Waals surface area (Å²) in [4.78, 5) is 11.8. The molecule has 0 saturated carbocycles. The van der Waals surface area contributed by atoms with Crippen LogP contribution in [-0.2, 0) is 9.53 Å². The Morgan fingerprint density at radius 3 is 2.39 bits per heavy atom. The third kappa shape index (κ3) is 4.75. The fourth-order valence-corrected chi connectivity index (χ4v) is 2.14. The van der Waals surface area contributed by atoms with E-state index < -0.39 is 0 Å². The highest BCUT2D eigenvalue weighted by molar-refractivity contribution is 6.35. The molecule has 1 aromatic rings. The van der Waals surface area contributed by atoms with Crippen molar-refractivity contribution < 1.29 is 9.53 Å². The number of carbonyl (C=O) groups is 1. The molecule has 1 N–H and O–H groups in total. The van der Waals surface area contributed by atoms with Gasteiger partial charge in [0.1, 0.15) is 6.04 Å². The number of esters is 1. The van der Waals surface area contributed by atoms with Gasteiger partial charge in [-0.15, -0.1) is 0 Å². The van der Waals surface area contributed by atoms with E-state index in [4.69, 9.17) is 27.9 Å². The van der Waals surface area contributed by atoms with Crippen LogP contribution in [0, 0.1) is 0 Å². The van der Waals surface area contributed by atoms with Crippen molar-refractivity contribution in [2.75, 3.05) is 11.9 Å². The van der Waals surface area contributed by atoms with Crippen molar-refractivity contribution in [1.82, 2.24) is 0 Å². The average molecular weight is 290 g/mol. The van der Waals surface area contributed by atoms with Crippen LogP contribution < -0.4 is 5.32 Å². The molecule has 5 heteroatoms. The highest BCUT2D eigenvalue weighted by atomic mass is 35.5. The summed E-state index contributed by atoms with van der Waals surface area (Å²) in [7, 11) is 0. The van der Waals surface area contributed by atoms with Crippen LogP contribution in [0.2, 0.25) is 10.0 Å². The minimum atomic E-state index is -0.371. The van der Waals surface area contributed by atoms with Gasteiger partial charge in [0, 0.05) is 15.7 Å². The lowest BCUT2D eigenvalue weighted by atomic mass is 10.1. The van der Waals surface area contributed by atoms with Crippen molar-refractivity contribution in [1.29, 1.82) is 0 Å². The Hall–Kier alpha value is -0.930. The molecule has 3 nitrogen and oxygen atoms in total. The van der Waals surface area contributed by atoms with Crippen LogP contribution in [0.15, 0.2) is 18.2 Å². The van der Waals surface area contributed by atoms with E-state index in [9.17, 15) is 4.79 Å². The molecule has 0 heterocycles. The molecule has 1 unspecified atom stereocenters. The van der Waals surface area contributed by atoms with Gasteiger partial charge in [-0.05, 0) is 31.5 Å². The number of hydrogen-bond acceptors (Lipinski definition) is 3. The Kier molecular flexibility index (Phi) is 6.30. The lowest BCUT2D eigenvalue weighted by Gasteiger charge is -2.18. The second kappa shape index (κ2) is 7.49. The summed E-state index contributed by atoms with van der Waals surface area (Å²) in [6.45, 7) is 4.17. The Labute approximate surface area is 117 Å². The second-order valence-corrected chi connectivity index (χ2v) is 4.77. The number of nitrogens with one attached hydrogen (secondary N) is 1. The van der Waals surface area contributed by atoms with Crippen molar-refractivity contribution in [2.45, 2.75) is 32.7 Å². The maximum absolute atomic E-state index is 11.8. The predicted octanol–water partition coefficient (Wildman–Crippen LogP) is 4.14. The number of carbonyl (C=O) groups excluding carboxylic acids is 1. The summed E-state index contributed by atoms with van der Waals surface area (Å²) < 4.78 is 5.02. The Morgan fingerprint density at radius 2 is 1.89 bits per heavy atom. The molecule has 100 valence electrons. The van der Waals surface area contributed by atoms with E-state index in [2.05, 4.69) is 5.32 Å². The first kappa shape index (κ1) is 15.1. The van der Waals surface area contributed by atoms with Gasteiger partial charge in [0.15, 0.2) is 0 Å². The van der Waals surface area contributed by atoms with E-state index >= 15 is 0 Å². The Bertz CT molecular complexity index is 390. The zero-order valence-electron chi connectivity index (χ0n) is 10.5. The van der Waals surface area contributed by atoms with E-state index in [1.54, 1.807) is 25.1 Å². The molecule has 0 amide bonds. The zero-order valence-corrected chi connectivity index (χ0v) is 12.0. The zero-order chi connectivity index (χ0) is 13.5. The van der Waals surface area contributed by atoms with Gasteiger partial charge >= 0.3 is 5.97 Å². The number of anilines is 1. The molecule has 18 heavy (non-hydrogen) atoms. The number of rotatable bonds is 6. The third-order valence-corrected chi connectivity index (χ3v) is 2.79. The van der Waals surface area contributed by atoms with Crippen LogP contribution in [0.3, 0.4) is 0 Å². The first-order valence-corrected chi connectivity index (χ1v) is 6.71. The third-order valence-electron chi connectivity index (χ3n) is 2.35. The smallest absolute Gasteiger partial charge is 0.328 e. The van der Waals surface area contributed by atoms with Crippen LogP contribution >= 0.6 is 23.2 Å². The summed E-state index contributed by atoms with van der Waals surface area (Å²) in [5, 5.41) is 4.17. The van der Waals surface area contributed by atoms with Crippen molar-refractivity contribution in [3.8, 4) is 0 Å². The molecule has 1 atom stereocenters. The van der Waals surface area contributed by atoms with Crippen molar-refractivity contribution >= 4 is 34.9 Å². The molecular formula is C13H17Cl2NO2. The highest BCUT2D eigenvalue weighted by Gasteiger charge is 2.18. The molecule has 0 bridgehead atoms. The monoisotopic (exact) mass is 289 g/mol. The van der Waals surface area contributed by atoms with Crippen molar-refractivity contribution in [2.24, 2.45) is 0 Å². The average Bonchev–Trinajstić information content (AvgIpc) is 2.27. The minimum Gasteiger partial charge on any atom is -0.464 e. The first-order valence-electron chi connectivity index (χ1n) is 5.96. The number of hydrogen-bond donors (Lipinski definition) is 1. The molecule has 0 aliphatic rings. The molecule has 0 spiro atoms. The van der Waals surface area contributed by atoms with Crippen molar-refractivity contribution in [3.05, 3.63) is 28.2 Å². The standard InChI is InChI=1S/C13H17Cl2NO2/c1-3-5-12(13(17)18-4-2)16-11-7-9(14)6-10(15)8-11/h6-8,12,16H,3-5H2,1-2H3. The second-order valence-electron chi connectivity index (χ2n) is 3.90. The maximum Gasteiger partial charge on any atom is 0.328 e. The quantitative estimate of drug-likeness (QED) is 0.800. The van der Waals surface area contributed by atoms with E-state index in [1.165, 1.54) is 0 Å². The first-order chi connectivity index (χ1) is 8.56. The number of benzene rings is 1. The molecule has 1 aromatic carbocycles. The molecule has 0 radical (unpaired) electrons. The fourth-order valence-electron chi connectivity index (χ4n) is 1.62. The topological polar surface area (TPSA) is 38.3 Å². The summed E-state index contributed by atoms with van der Waals surface area (Å²) in [5.41, 5.74) is 0.721. The summed E-state index contributed by atoms with van der Waals surface area (Å²) in [5.74, 6) is -0.254. The Balaban J connectivity index is 2.78. The van der Waals surface area contributed by atoms with Gasteiger partial charge in [-0.1, -0.05) is 36.5 Å². The van der Waals surface area contributed by atoms with E-state index in [0.717, 1.165) is 12.1 Å². The van der Waals surface area contributed by atoms with Gasteiger partial charge in [0.05, 0.1) is 6.61 Å². The van der Waals surface area contributed by atoms with Gasteiger partial charge in [-0.25, -0.2) is 4.79 Å². The molecule has 0 aliphatic heterocycles. The van der Waals surface area contributed by atoms with Crippen LogP contribution in [0.5, 0.6) is 0 Å². The molecule has 0 fully saturated rings. The highest BCUT2D eigenvalue weighted by Crippen LogP contribution is 2.23. The lowest BCUT2D eigenvalue weighted by molar-refractivity contribution is -0.144. The van der Waals surface area contributed by atoms with Crippen LogP contribution in [0.25, 0.3) is 0 Å². The summed E-state index contributed by atoms with van der Waals surface area (Å²) in [6.07, 6.45) is 1.58. The van der Waals surface area contributed by atoms with Crippen LogP contribution in [0.4, 0.5) is 5.69 Å². The van der Waals surface area contributed by atoms with Gasteiger partial charge in [-0.2, -0.15) is 0 Å². The van der Waals surface area contributed by atoms with Gasteiger partial charge < -0.3 is 10.1 Å². The number of ether oxygens (including phenoxy) is 1. The lowest BCUT2D eigenvalue weighted by Crippen LogP contribution is -2.31. The Morgan fingerprint density at radius 1 is 1.28 bits per heavy atom.